The molecule has 0 aliphatic heterocycles. The van der Waals surface area contributed by atoms with Gasteiger partial charge in [0, 0.05) is 24.9 Å². The largest absolute Gasteiger partial charge is 0.493 e. The van der Waals surface area contributed by atoms with Crippen molar-refractivity contribution in [3.05, 3.63) is 29.8 Å². The predicted octanol–water partition coefficient (Wildman–Crippen LogP) is 0.240. The fourth-order valence-corrected chi connectivity index (χ4v) is 1.79. The molecular weight excluding hydrogens is 246 g/mol. The standard InChI is InChI=1S/C12H17N5O2/c1-18-11-4-6-14-10(12(11)19-2)8-17-7-9(3-5-13)15-16-17/h4,6-7H,3,5,8,13H2,1-2H3. The monoisotopic (exact) mass is 263 g/mol. The van der Waals surface area contributed by atoms with Crippen LogP contribution in [0.2, 0.25) is 0 Å². The molecule has 7 nitrogen and oxygen atoms in total. The number of pyridine rings is 1. The molecule has 0 radical (unpaired) electrons. The fourth-order valence-electron chi connectivity index (χ4n) is 1.79. The van der Waals surface area contributed by atoms with Gasteiger partial charge in [-0.1, -0.05) is 5.21 Å². The average molecular weight is 263 g/mol. The molecule has 0 aromatic carbocycles. The number of hydrogen-bond acceptors (Lipinski definition) is 6. The van der Waals surface area contributed by atoms with Crippen LogP contribution in [0.25, 0.3) is 0 Å². The molecule has 2 heterocycles. The van der Waals surface area contributed by atoms with E-state index in [4.69, 9.17) is 15.2 Å². The molecule has 2 aromatic rings. The van der Waals surface area contributed by atoms with Gasteiger partial charge in [-0.2, -0.15) is 0 Å². The third-order valence-corrected chi connectivity index (χ3v) is 2.66. The lowest BCUT2D eigenvalue weighted by molar-refractivity contribution is 0.348. The Kier molecular flexibility index (Phi) is 4.30. The van der Waals surface area contributed by atoms with E-state index in [-0.39, 0.29) is 0 Å². The van der Waals surface area contributed by atoms with E-state index in [9.17, 15) is 0 Å². The molecular formula is C12H17N5O2. The zero-order valence-electron chi connectivity index (χ0n) is 11.0. The molecule has 7 heteroatoms. The van der Waals surface area contributed by atoms with Gasteiger partial charge in [-0.3, -0.25) is 4.98 Å². The van der Waals surface area contributed by atoms with Crippen molar-refractivity contribution in [3.63, 3.8) is 0 Å². The minimum absolute atomic E-state index is 0.470. The summed E-state index contributed by atoms with van der Waals surface area (Å²) in [6, 6.07) is 1.75. The highest BCUT2D eigenvalue weighted by Crippen LogP contribution is 2.29. The molecule has 0 aliphatic rings. The van der Waals surface area contributed by atoms with Crippen LogP contribution < -0.4 is 15.2 Å². The van der Waals surface area contributed by atoms with Crippen LogP contribution in [0.4, 0.5) is 0 Å². The smallest absolute Gasteiger partial charge is 0.184 e. The molecule has 0 unspecified atom stereocenters. The van der Waals surface area contributed by atoms with E-state index in [2.05, 4.69) is 15.3 Å². The molecule has 2 N–H and O–H groups in total. The van der Waals surface area contributed by atoms with E-state index >= 15 is 0 Å². The highest BCUT2D eigenvalue weighted by Gasteiger charge is 2.12. The second kappa shape index (κ2) is 6.14. The highest BCUT2D eigenvalue weighted by atomic mass is 16.5. The molecule has 0 spiro atoms. The van der Waals surface area contributed by atoms with Crippen LogP contribution in [0, 0.1) is 0 Å². The second-order valence-electron chi connectivity index (χ2n) is 3.94. The Morgan fingerprint density at radius 2 is 2.16 bits per heavy atom. The first-order valence-electron chi connectivity index (χ1n) is 5.93. The SMILES string of the molecule is COc1ccnc(Cn2cc(CCN)nn2)c1OC. The van der Waals surface area contributed by atoms with Gasteiger partial charge in [-0.05, 0) is 6.54 Å². The third kappa shape index (κ3) is 3.00. The Labute approximate surface area is 111 Å². The summed E-state index contributed by atoms with van der Waals surface area (Å²) < 4.78 is 12.3. The number of hydrogen-bond donors (Lipinski definition) is 1. The Balaban J connectivity index is 2.22. The summed E-state index contributed by atoms with van der Waals surface area (Å²) in [6.45, 7) is 1.03. The number of rotatable bonds is 6. The molecule has 2 rings (SSSR count). The summed E-state index contributed by atoms with van der Waals surface area (Å²) in [7, 11) is 3.18. The molecule has 0 saturated carbocycles. The lowest BCUT2D eigenvalue weighted by atomic mass is 10.3. The van der Waals surface area contributed by atoms with E-state index in [1.807, 2.05) is 6.20 Å². The van der Waals surface area contributed by atoms with Crippen molar-refractivity contribution in [2.24, 2.45) is 5.73 Å². The van der Waals surface area contributed by atoms with Crippen molar-refractivity contribution in [1.29, 1.82) is 0 Å². The van der Waals surface area contributed by atoms with Crippen molar-refractivity contribution in [2.75, 3.05) is 20.8 Å². The summed E-state index contributed by atoms with van der Waals surface area (Å²) >= 11 is 0. The van der Waals surface area contributed by atoms with Crippen molar-refractivity contribution in [1.82, 2.24) is 20.0 Å². The van der Waals surface area contributed by atoms with Crippen LogP contribution in [0.15, 0.2) is 18.5 Å². The third-order valence-electron chi connectivity index (χ3n) is 2.66. The number of methoxy groups -OCH3 is 2. The summed E-state index contributed by atoms with van der Waals surface area (Å²) in [6.07, 6.45) is 4.24. The van der Waals surface area contributed by atoms with Crippen molar-refractivity contribution >= 4 is 0 Å². The Morgan fingerprint density at radius 1 is 1.32 bits per heavy atom. The minimum Gasteiger partial charge on any atom is -0.493 e. The zero-order valence-corrected chi connectivity index (χ0v) is 11.0. The lowest BCUT2D eigenvalue weighted by Gasteiger charge is -2.11. The molecule has 0 saturated heterocycles. The molecule has 0 atom stereocenters. The quantitative estimate of drug-likeness (QED) is 0.803. The van der Waals surface area contributed by atoms with Crippen LogP contribution in [-0.2, 0) is 13.0 Å². The summed E-state index contributed by atoms with van der Waals surface area (Å²) in [5.74, 6) is 1.26. The number of ether oxygens (including phenoxy) is 2. The lowest BCUT2D eigenvalue weighted by Crippen LogP contribution is -2.06. The van der Waals surface area contributed by atoms with Gasteiger partial charge in [-0.15, -0.1) is 5.10 Å². The normalized spacial score (nSPS) is 10.5. The first kappa shape index (κ1) is 13.3. The van der Waals surface area contributed by atoms with Crippen molar-refractivity contribution < 1.29 is 9.47 Å². The first-order valence-corrected chi connectivity index (χ1v) is 5.93. The van der Waals surface area contributed by atoms with Crippen LogP contribution in [0.1, 0.15) is 11.4 Å². The maximum Gasteiger partial charge on any atom is 0.184 e. The highest BCUT2D eigenvalue weighted by molar-refractivity contribution is 5.42. The number of nitrogens with two attached hydrogens (primary N) is 1. The van der Waals surface area contributed by atoms with Gasteiger partial charge >= 0.3 is 0 Å². The Bertz CT molecular complexity index is 541. The average Bonchev–Trinajstić information content (AvgIpc) is 2.86. The van der Waals surface area contributed by atoms with E-state index in [1.54, 1.807) is 31.2 Å². The molecule has 2 aromatic heterocycles. The maximum absolute atomic E-state index is 5.48. The van der Waals surface area contributed by atoms with Crippen LogP contribution in [0.5, 0.6) is 11.5 Å². The fraction of sp³-hybridized carbons (Fsp3) is 0.417. The summed E-state index contributed by atoms with van der Waals surface area (Å²) in [5, 5.41) is 8.07. The molecule has 102 valence electrons. The van der Waals surface area contributed by atoms with Gasteiger partial charge in [0.05, 0.1) is 26.5 Å². The molecule has 19 heavy (non-hydrogen) atoms. The topological polar surface area (TPSA) is 88.1 Å². The molecule has 0 aliphatic carbocycles. The first-order chi connectivity index (χ1) is 9.28. The summed E-state index contributed by atoms with van der Waals surface area (Å²) in [5.41, 5.74) is 7.09. The van der Waals surface area contributed by atoms with E-state index in [0.717, 1.165) is 11.4 Å². The van der Waals surface area contributed by atoms with Crippen LogP contribution >= 0.6 is 0 Å². The van der Waals surface area contributed by atoms with Crippen LogP contribution in [-0.4, -0.2) is 40.7 Å². The number of aromatic nitrogens is 4. The van der Waals surface area contributed by atoms with Gasteiger partial charge < -0.3 is 15.2 Å². The maximum atomic E-state index is 5.48. The second-order valence-corrected chi connectivity index (χ2v) is 3.94. The van der Waals surface area contributed by atoms with Gasteiger partial charge in [-0.25, -0.2) is 4.68 Å². The van der Waals surface area contributed by atoms with Crippen LogP contribution in [0.3, 0.4) is 0 Å². The predicted molar refractivity (Wildman–Crippen MR) is 69.2 cm³/mol. The summed E-state index contributed by atoms with van der Waals surface area (Å²) in [4.78, 5) is 4.29. The van der Waals surface area contributed by atoms with Crippen molar-refractivity contribution in [3.8, 4) is 11.5 Å². The Morgan fingerprint density at radius 3 is 2.84 bits per heavy atom. The molecule has 0 bridgehead atoms. The molecule has 0 amide bonds. The van der Waals surface area contributed by atoms with E-state index in [1.165, 1.54) is 0 Å². The van der Waals surface area contributed by atoms with Gasteiger partial charge in [0.25, 0.3) is 0 Å². The van der Waals surface area contributed by atoms with Gasteiger partial charge in [0.2, 0.25) is 0 Å². The molecule has 0 fully saturated rings. The van der Waals surface area contributed by atoms with E-state index < -0.39 is 0 Å². The van der Waals surface area contributed by atoms with Gasteiger partial charge in [0.15, 0.2) is 11.5 Å². The minimum atomic E-state index is 0.470. The van der Waals surface area contributed by atoms with E-state index in [0.29, 0.717) is 31.0 Å². The van der Waals surface area contributed by atoms with Gasteiger partial charge in [0.1, 0.15) is 5.69 Å². The number of nitrogens with zero attached hydrogens (tertiary/aromatic N) is 4. The zero-order chi connectivity index (χ0) is 13.7. The van der Waals surface area contributed by atoms with Crippen molar-refractivity contribution in [2.45, 2.75) is 13.0 Å². The Hall–Kier alpha value is -2.15.